The van der Waals surface area contributed by atoms with Gasteiger partial charge in [0.05, 0.1) is 13.6 Å². The van der Waals surface area contributed by atoms with Crippen molar-refractivity contribution < 1.29 is 8.97 Å². The Kier molecular flexibility index (Phi) is 3.82. The molecule has 0 radical (unpaired) electrons. The van der Waals surface area contributed by atoms with Crippen molar-refractivity contribution in [1.29, 1.82) is 0 Å². The average molecular weight is 255 g/mol. The Hall–Kier alpha value is -0.810. The highest BCUT2D eigenvalue weighted by molar-refractivity contribution is 5.75. The predicted octanol–water partition coefficient (Wildman–Crippen LogP) is -0.423. The Bertz CT molecular complexity index is 297. The van der Waals surface area contributed by atoms with Crippen LogP contribution < -0.4 is 11.5 Å². The average Bonchev–Trinajstić information content (AvgIpc) is 2.31. The molecule has 2 bridgehead atoms. The van der Waals surface area contributed by atoms with Crippen LogP contribution in [0.25, 0.3) is 0 Å². The number of aliphatic imine (C=N–C) groups is 1. The van der Waals surface area contributed by atoms with Crippen molar-refractivity contribution in [3.05, 3.63) is 0 Å². The van der Waals surface area contributed by atoms with Gasteiger partial charge in [-0.1, -0.05) is 6.92 Å². The van der Waals surface area contributed by atoms with Gasteiger partial charge in [-0.15, -0.1) is 0 Å². The summed E-state index contributed by atoms with van der Waals surface area (Å²) in [6.45, 7) is 12.6. The van der Waals surface area contributed by atoms with Gasteiger partial charge in [-0.3, -0.25) is 4.99 Å². The standard InChI is InChI=1S/C13H29N5/c1-12(3-4-16-13(14)15)11-18-8-5-17(2,6-9-18)7-10-18/h12H,3-11H2,1-2H3,(H4,14,15,16)/q+2. The molecule has 0 aliphatic carbocycles. The van der Waals surface area contributed by atoms with Crippen LogP contribution in [-0.2, 0) is 0 Å². The van der Waals surface area contributed by atoms with E-state index in [1.54, 1.807) is 0 Å². The van der Waals surface area contributed by atoms with Crippen molar-refractivity contribution in [2.24, 2.45) is 22.4 Å². The van der Waals surface area contributed by atoms with Gasteiger partial charge in [-0.2, -0.15) is 0 Å². The quantitative estimate of drug-likeness (QED) is 0.398. The number of nitrogens with two attached hydrogens (primary N) is 2. The zero-order chi connectivity index (χ0) is 13.2. The van der Waals surface area contributed by atoms with Crippen molar-refractivity contribution in [3.8, 4) is 0 Å². The second-order valence-electron chi connectivity index (χ2n) is 6.69. The van der Waals surface area contributed by atoms with Crippen LogP contribution in [0.5, 0.6) is 0 Å². The first-order chi connectivity index (χ1) is 8.43. The van der Waals surface area contributed by atoms with E-state index in [2.05, 4.69) is 19.0 Å². The van der Waals surface area contributed by atoms with Crippen LogP contribution >= 0.6 is 0 Å². The van der Waals surface area contributed by atoms with Gasteiger partial charge in [0.15, 0.2) is 5.96 Å². The molecule has 1 atom stereocenters. The molecule has 5 heteroatoms. The highest BCUT2D eigenvalue weighted by atomic mass is 15.5. The topological polar surface area (TPSA) is 64.4 Å². The number of piperazine rings is 3. The summed E-state index contributed by atoms with van der Waals surface area (Å²) in [5, 5.41) is 0. The van der Waals surface area contributed by atoms with Crippen LogP contribution in [0.3, 0.4) is 0 Å². The lowest BCUT2D eigenvalue weighted by molar-refractivity contribution is -1.07. The molecule has 0 amide bonds. The van der Waals surface area contributed by atoms with Gasteiger partial charge in [0.25, 0.3) is 0 Å². The third-order valence-corrected chi connectivity index (χ3v) is 4.96. The zero-order valence-corrected chi connectivity index (χ0v) is 11.9. The number of hydrogen-bond acceptors (Lipinski definition) is 1. The van der Waals surface area contributed by atoms with Crippen molar-refractivity contribution in [2.45, 2.75) is 13.3 Å². The highest BCUT2D eigenvalue weighted by Gasteiger charge is 2.46. The maximum absolute atomic E-state index is 5.36. The first kappa shape index (κ1) is 13.6. The number of hydrogen-bond donors (Lipinski definition) is 2. The van der Waals surface area contributed by atoms with Gasteiger partial charge in [0.2, 0.25) is 0 Å². The largest absolute Gasteiger partial charge is 0.370 e. The summed E-state index contributed by atoms with van der Waals surface area (Å²) < 4.78 is 2.65. The smallest absolute Gasteiger partial charge is 0.185 e. The van der Waals surface area contributed by atoms with E-state index in [4.69, 9.17) is 11.5 Å². The summed E-state index contributed by atoms with van der Waals surface area (Å²) in [4.78, 5) is 4.09. The maximum atomic E-state index is 5.36. The van der Waals surface area contributed by atoms with Crippen LogP contribution in [0.15, 0.2) is 4.99 Å². The van der Waals surface area contributed by atoms with Crippen molar-refractivity contribution in [2.75, 3.05) is 59.4 Å². The van der Waals surface area contributed by atoms with E-state index in [9.17, 15) is 0 Å². The lowest BCUT2D eigenvalue weighted by atomic mass is 10.0. The molecule has 3 aliphatic heterocycles. The SMILES string of the molecule is CC(CCN=C(N)N)C[N+]12CC[N+](C)(CC1)CC2. The second kappa shape index (κ2) is 5.05. The molecule has 4 N–H and O–H groups in total. The van der Waals surface area contributed by atoms with Gasteiger partial charge in [0, 0.05) is 12.5 Å². The Labute approximate surface area is 111 Å². The van der Waals surface area contributed by atoms with Crippen LogP contribution in [0.2, 0.25) is 0 Å². The fraction of sp³-hybridized carbons (Fsp3) is 0.923. The molecular formula is C13H29N5+2. The minimum atomic E-state index is 0.221. The molecule has 5 nitrogen and oxygen atoms in total. The van der Waals surface area contributed by atoms with E-state index in [-0.39, 0.29) is 5.96 Å². The number of rotatable bonds is 5. The predicted molar refractivity (Wildman–Crippen MR) is 75.0 cm³/mol. The molecule has 3 aliphatic rings. The second-order valence-corrected chi connectivity index (χ2v) is 6.69. The van der Waals surface area contributed by atoms with E-state index < -0.39 is 0 Å². The normalized spacial score (nSPS) is 36.3. The van der Waals surface area contributed by atoms with Gasteiger partial charge in [-0.05, 0) is 6.42 Å². The van der Waals surface area contributed by atoms with E-state index >= 15 is 0 Å². The Morgan fingerprint density at radius 2 is 1.67 bits per heavy atom. The van der Waals surface area contributed by atoms with Gasteiger partial charge in [-0.25, -0.2) is 0 Å². The fourth-order valence-electron chi connectivity index (χ4n) is 3.47. The maximum Gasteiger partial charge on any atom is 0.185 e. The summed E-state index contributed by atoms with van der Waals surface area (Å²) in [6, 6.07) is 0. The minimum absolute atomic E-state index is 0.221. The first-order valence-electron chi connectivity index (χ1n) is 7.17. The Morgan fingerprint density at radius 1 is 1.11 bits per heavy atom. The van der Waals surface area contributed by atoms with Crippen LogP contribution in [0.4, 0.5) is 0 Å². The lowest BCUT2D eigenvalue weighted by Crippen LogP contribution is -2.74. The summed E-state index contributed by atoms with van der Waals surface area (Å²) in [7, 11) is 2.41. The molecule has 3 fully saturated rings. The summed E-state index contributed by atoms with van der Waals surface area (Å²) >= 11 is 0. The summed E-state index contributed by atoms with van der Waals surface area (Å²) in [5.74, 6) is 0.932. The van der Waals surface area contributed by atoms with Crippen LogP contribution in [-0.4, -0.2) is 74.3 Å². The van der Waals surface area contributed by atoms with E-state index in [1.165, 1.54) is 54.8 Å². The Morgan fingerprint density at radius 3 is 2.17 bits per heavy atom. The van der Waals surface area contributed by atoms with Crippen molar-refractivity contribution >= 4 is 5.96 Å². The molecule has 0 aromatic rings. The van der Waals surface area contributed by atoms with Crippen LogP contribution in [0.1, 0.15) is 13.3 Å². The molecule has 18 heavy (non-hydrogen) atoms. The highest BCUT2D eigenvalue weighted by Crippen LogP contribution is 2.26. The molecule has 0 aromatic heterocycles. The fourth-order valence-corrected chi connectivity index (χ4v) is 3.47. The Balaban J connectivity index is 1.80. The molecule has 104 valence electrons. The summed E-state index contributed by atoms with van der Waals surface area (Å²) in [6.07, 6.45) is 1.10. The molecule has 3 saturated heterocycles. The van der Waals surface area contributed by atoms with Crippen LogP contribution in [0, 0.1) is 5.92 Å². The number of nitrogens with zero attached hydrogens (tertiary/aromatic N) is 3. The monoisotopic (exact) mass is 255 g/mol. The zero-order valence-electron chi connectivity index (χ0n) is 11.9. The van der Waals surface area contributed by atoms with Gasteiger partial charge >= 0.3 is 0 Å². The third-order valence-electron chi connectivity index (χ3n) is 4.96. The number of guanidine groups is 1. The van der Waals surface area contributed by atoms with Gasteiger partial charge < -0.3 is 20.4 Å². The molecule has 0 saturated carbocycles. The molecular weight excluding hydrogens is 226 g/mol. The number of quaternary nitrogens is 2. The minimum Gasteiger partial charge on any atom is -0.370 e. The van der Waals surface area contributed by atoms with Gasteiger partial charge in [0.1, 0.15) is 39.3 Å². The van der Waals surface area contributed by atoms with E-state index in [0.717, 1.165) is 13.0 Å². The molecule has 3 rings (SSSR count). The lowest BCUT2D eigenvalue weighted by Gasteiger charge is -2.54. The van der Waals surface area contributed by atoms with E-state index in [0.29, 0.717) is 5.92 Å². The summed E-state index contributed by atoms with van der Waals surface area (Å²) in [5.41, 5.74) is 10.7. The molecule has 0 spiro atoms. The molecule has 3 heterocycles. The number of likely N-dealkylation sites (N-methyl/N-ethyl adjacent to an activating group) is 1. The van der Waals surface area contributed by atoms with Crippen molar-refractivity contribution in [1.82, 2.24) is 0 Å². The molecule has 1 unspecified atom stereocenters. The number of fused-ring (bicyclic) bond motifs is 3. The van der Waals surface area contributed by atoms with Crippen molar-refractivity contribution in [3.63, 3.8) is 0 Å². The molecule has 0 aromatic carbocycles. The third kappa shape index (κ3) is 3.14. The first-order valence-corrected chi connectivity index (χ1v) is 7.17. The van der Waals surface area contributed by atoms with E-state index in [1.807, 2.05) is 0 Å².